The Morgan fingerprint density at radius 2 is 1.81 bits per heavy atom. The normalized spacial score (nSPS) is 23.4. The quantitative estimate of drug-likeness (QED) is 0.416. The van der Waals surface area contributed by atoms with Crippen LogP contribution in [-0.4, -0.2) is 53.9 Å². The molecule has 3 fully saturated rings. The molecule has 1 N–H and O–H groups in total. The van der Waals surface area contributed by atoms with E-state index in [1.165, 1.54) is 0 Å². The number of piperidine rings is 3. The fourth-order valence-corrected chi connectivity index (χ4v) is 7.15. The van der Waals surface area contributed by atoms with Gasteiger partial charge in [0.1, 0.15) is 0 Å². The highest BCUT2D eigenvalue weighted by Gasteiger charge is 2.41. The van der Waals surface area contributed by atoms with Crippen molar-refractivity contribution in [1.29, 1.82) is 0 Å². The summed E-state index contributed by atoms with van der Waals surface area (Å²) in [7, 11) is -3.38. The molecule has 0 aliphatic carbocycles. The maximum atomic E-state index is 12.7. The number of hydrogen-bond acceptors (Lipinski definition) is 6. The molecule has 2 bridgehead atoms. The van der Waals surface area contributed by atoms with Gasteiger partial charge < -0.3 is 0 Å². The topological polar surface area (TPSA) is 88.1 Å². The number of sulfonamides is 1. The fraction of sp³-hybridized carbons (Fsp3) is 0.483. The van der Waals surface area contributed by atoms with Gasteiger partial charge in [-0.25, -0.2) is 23.1 Å². The predicted molar refractivity (Wildman–Crippen MR) is 146 cm³/mol. The second kappa shape index (κ2) is 11.4. The van der Waals surface area contributed by atoms with Crippen LogP contribution in [0.1, 0.15) is 68.3 Å². The van der Waals surface area contributed by atoms with Gasteiger partial charge in [0.2, 0.25) is 10.0 Å². The molecule has 37 heavy (non-hydrogen) atoms. The van der Waals surface area contributed by atoms with E-state index in [0.717, 1.165) is 67.1 Å². The number of rotatable bonds is 10. The van der Waals surface area contributed by atoms with Crippen LogP contribution in [0, 0.1) is 5.92 Å². The molecule has 3 aromatic rings. The number of nitrogens with zero attached hydrogens (tertiary/aromatic N) is 4. The lowest BCUT2D eigenvalue weighted by atomic mass is 9.74. The highest BCUT2D eigenvalue weighted by molar-refractivity contribution is 7.88. The van der Waals surface area contributed by atoms with E-state index >= 15 is 0 Å². The molecule has 2 aromatic heterocycles. The van der Waals surface area contributed by atoms with E-state index in [1.54, 1.807) is 12.4 Å². The van der Waals surface area contributed by atoms with Crippen molar-refractivity contribution in [3.05, 3.63) is 77.9 Å². The molecule has 4 atom stereocenters. The lowest BCUT2D eigenvalue weighted by molar-refractivity contribution is 0.0317. The molecule has 0 spiro atoms. The standard InChI is InChI=1S/C29H37N5O2S/c1-3-22(4-2)27-17-28(33-29(32-27)23-10-13-30-14-11-23)26-19-34-15-12-24(26)16-25(34)18-31-37(35,36)20-21-8-6-5-7-9-21/h5-11,13-14,17,22,24-26,31H,3-4,12,15-16,18-20H2,1-2H3. The van der Waals surface area contributed by atoms with E-state index in [2.05, 4.69) is 34.5 Å². The molecular formula is C29H37N5O2S. The van der Waals surface area contributed by atoms with Crippen LogP contribution in [0.3, 0.4) is 0 Å². The number of benzene rings is 1. The highest BCUT2D eigenvalue weighted by atomic mass is 32.2. The van der Waals surface area contributed by atoms with Crippen LogP contribution < -0.4 is 4.72 Å². The minimum atomic E-state index is -3.38. The van der Waals surface area contributed by atoms with Crippen molar-refractivity contribution in [2.24, 2.45) is 5.92 Å². The third-order valence-corrected chi connectivity index (χ3v) is 9.42. The van der Waals surface area contributed by atoms with Crippen molar-refractivity contribution in [3.63, 3.8) is 0 Å². The number of nitrogens with one attached hydrogen (secondary N) is 1. The summed E-state index contributed by atoms with van der Waals surface area (Å²) in [5.41, 5.74) is 4.06. The largest absolute Gasteiger partial charge is 0.298 e. The minimum Gasteiger partial charge on any atom is -0.298 e. The lowest BCUT2D eigenvalue weighted by Gasteiger charge is -2.49. The molecule has 3 saturated heterocycles. The van der Waals surface area contributed by atoms with E-state index in [9.17, 15) is 8.42 Å². The summed E-state index contributed by atoms with van der Waals surface area (Å²) in [6, 6.07) is 15.8. The van der Waals surface area contributed by atoms with Gasteiger partial charge in [0.05, 0.1) is 5.75 Å². The Morgan fingerprint density at radius 1 is 1.05 bits per heavy atom. The number of pyridine rings is 1. The lowest BCUT2D eigenvalue weighted by Crippen LogP contribution is -2.56. The molecule has 3 aliphatic heterocycles. The molecule has 8 heteroatoms. The SMILES string of the molecule is CCC(CC)c1cc(C2CN3CCC2CC3CNS(=O)(=O)Cc2ccccc2)nc(-c2ccncc2)n1. The van der Waals surface area contributed by atoms with E-state index < -0.39 is 10.0 Å². The Kier molecular flexibility index (Phi) is 7.98. The van der Waals surface area contributed by atoms with Gasteiger partial charge in [-0.2, -0.15) is 0 Å². The Hall–Kier alpha value is -2.68. The van der Waals surface area contributed by atoms with Gasteiger partial charge in [-0.15, -0.1) is 0 Å². The first-order valence-electron chi connectivity index (χ1n) is 13.5. The molecule has 7 nitrogen and oxygen atoms in total. The molecule has 3 aliphatic rings. The van der Waals surface area contributed by atoms with Crippen molar-refractivity contribution >= 4 is 10.0 Å². The van der Waals surface area contributed by atoms with Crippen LogP contribution in [0.4, 0.5) is 0 Å². The molecule has 0 radical (unpaired) electrons. The van der Waals surface area contributed by atoms with Gasteiger partial charge in [0.15, 0.2) is 5.82 Å². The molecule has 5 heterocycles. The summed E-state index contributed by atoms with van der Waals surface area (Å²) in [5.74, 6) is 2.04. The summed E-state index contributed by atoms with van der Waals surface area (Å²) in [6.07, 6.45) is 7.78. The molecule has 0 amide bonds. The summed E-state index contributed by atoms with van der Waals surface area (Å²) < 4.78 is 28.3. The predicted octanol–water partition coefficient (Wildman–Crippen LogP) is 4.74. The van der Waals surface area contributed by atoms with Crippen molar-refractivity contribution in [2.45, 2.75) is 63.2 Å². The molecule has 196 valence electrons. The molecular weight excluding hydrogens is 482 g/mol. The number of hydrogen-bond donors (Lipinski definition) is 1. The van der Waals surface area contributed by atoms with Crippen molar-refractivity contribution in [3.8, 4) is 11.4 Å². The number of fused-ring (bicyclic) bond motifs is 3. The Balaban J connectivity index is 1.32. The summed E-state index contributed by atoms with van der Waals surface area (Å²) in [6.45, 7) is 6.82. The molecule has 1 aromatic carbocycles. The van der Waals surface area contributed by atoms with Crippen molar-refractivity contribution in [1.82, 2.24) is 24.6 Å². The first-order valence-corrected chi connectivity index (χ1v) is 15.2. The average molecular weight is 520 g/mol. The zero-order chi connectivity index (χ0) is 25.8. The van der Waals surface area contributed by atoms with Gasteiger partial charge in [-0.05, 0) is 61.9 Å². The summed E-state index contributed by atoms with van der Waals surface area (Å²) >= 11 is 0. The number of aromatic nitrogens is 3. The van der Waals surface area contributed by atoms with E-state index in [-0.39, 0.29) is 11.8 Å². The Bertz CT molecular complexity index is 1280. The maximum absolute atomic E-state index is 12.7. The fourth-order valence-electron chi connectivity index (χ4n) is 5.98. The molecule has 4 unspecified atom stereocenters. The van der Waals surface area contributed by atoms with Crippen LogP contribution in [-0.2, 0) is 15.8 Å². The summed E-state index contributed by atoms with van der Waals surface area (Å²) in [4.78, 5) is 16.7. The molecule has 0 saturated carbocycles. The minimum absolute atomic E-state index is 0.0180. The third kappa shape index (κ3) is 6.08. The van der Waals surface area contributed by atoms with Gasteiger partial charge in [-0.1, -0.05) is 44.2 Å². The molecule has 6 rings (SSSR count). The van der Waals surface area contributed by atoms with Crippen LogP contribution in [0.25, 0.3) is 11.4 Å². The van der Waals surface area contributed by atoms with Gasteiger partial charge in [0, 0.05) is 60.3 Å². The Labute approximate surface area is 220 Å². The smallest absolute Gasteiger partial charge is 0.215 e. The average Bonchev–Trinajstić information content (AvgIpc) is 2.93. The monoisotopic (exact) mass is 519 g/mol. The van der Waals surface area contributed by atoms with Gasteiger partial charge in [-0.3, -0.25) is 9.88 Å². The first-order chi connectivity index (χ1) is 18.0. The maximum Gasteiger partial charge on any atom is 0.215 e. The van der Waals surface area contributed by atoms with Gasteiger partial charge >= 0.3 is 0 Å². The van der Waals surface area contributed by atoms with Crippen molar-refractivity contribution in [2.75, 3.05) is 19.6 Å². The van der Waals surface area contributed by atoms with E-state index in [0.29, 0.717) is 24.3 Å². The van der Waals surface area contributed by atoms with Crippen molar-refractivity contribution < 1.29 is 8.42 Å². The van der Waals surface area contributed by atoms with Crippen LogP contribution in [0.15, 0.2) is 60.9 Å². The third-order valence-electron chi connectivity index (χ3n) is 8.11. The second-order valence-corrected chi connectivity index (χ2v) is 12.2. The zero-order valence-corrected chi connectivity index (χ0v) is 22.6. The summed E-state index contributed by atoms with van der Waals surface area (Å²) in [5, 5.41) is 0. The second-order valence-electron chi connectivity index (χ2n) is 10.4. The van der Waals surface area contributed by atoms with Crippen LogP contribution in [0.2, 0.25) is 0 Å². The van der Waals surface area contributed by atoms with E-state index in [1.807, 2.05) is 42.5 Å². The van der Waals surface area contributed by atoms with Crippen LogP contribution in [0.5, 0.6) is 0 Å². The van der Waals surface area contributed by atoms with Gasteiger partial charge in [0.25, 0.3) is 0 Å². The Morgan fingerprint density at radius 3 is 2.49 bits per heavy atom. The highest BCUT2D eigenvalue weighted by Crippen LogP contribution is 2.42. The first kappa shape index (κ1) is 25.9. The van der Waals surface area contributed by atoms with E-state index in [4.69, 9.17) is 9.97 Å². The van der Waals surface area contributed by atoms with Crippen LogP contribution >= 0.6 is 0 Å². The zero-order valence-electron chi connectivity index (χ0n) is 21.8.